The predicted molar refractivity (Wildman–Crippen MR) is 107 cm³/mol. The summed E-state index contributed by atoms with van der Waals surface area (Å²) >= 11 is 0. The van der Waals surface area contributed by atoms with Crippen LogP contribution in [0.25, 0.3) is 0 Å². The number of fused-ring (bicyclic) bond motifs is 1. The predicted octanol–water partition coefficient (Wildman–Crippen LogP) is 3.80. The summed E-state index contributed by atoms with van der Waals surface area (Å²) in [5.41, 5.74) is 2.58. The molecule has 1 saturated carbocycles. The van der Waals surface area contributed by atoms with Crippen LogP contribution >= 0.6 is 0 Å². The zero-order chi connectivity index (χ0) is 18.6. The number of hydrogen-bond donors (Lipinski definition) is 1. The number of ether oxygens (including phenoxy) is 2. The van der Waals surface area contributed by atoms with E-state index in [0.717, 1.165) is 42.6 Å². The van der Waals surface area contributed by atoms with Crippen molar-refractivity contribution in [3.05, 3.63) is 35.7 Å². The molecule has 2 heterocycles. The summed E-state index contributed by atoms with van der Waals surface area (Å²) in [5, 5.41) is 3.60. The highest BCUT2D eigenvalue weighted by Crippen LogP contribution is 2.34. The van der Waals surface area contributed by atoms with Gasteiger partial charge >= 0.3 is 0 Å². The van der Waals surface area contributed by atoms with Gasteiger partial charge in [-0.05, 0) is 42.5 Å². The second-order valence-corrected chi connectivity index (χ2v) is 7.39. The molecule has 1 fully saturated rings. The first kappa shape index (κ1) is 17.9. The first-order valence-electron chi connectivity index (χ1n) is 9.84. The third-order valence-corrected chi connectivity index (χ3v) is 5.65. The van der Waals surface area contributed by atoms with Crippen LogP contribution in [0.2, 0.25) is 0 Å². The summed E-state index contributed by atoms with van der Waals surface area (Å²) in [7, 11) is 3.36. The van der Waals surface area contributed by atoms with Crippen LogP contribution in [0.1, 0.15) is 43.2 Å². The third kappa shape index (κ3) is 3.94. The Hall–Kier alpha value is -2.50. The molecular formula is C21H28N4O2. The minimum Gasteiger partial charge on any atom is -0.493 e. The molecule has 4 rings (SSSR count). The summed E-state index contributed by atoms with van der Waals surface area (Å²) < 4.78 is 10.9. The van der Waals surface area contributed by atoms with Crippen LogP contribution in [0.4, 0.5) is 11.6 Å². The van der Waals surface area contributed by atoms with Crippen LogP contribution in [0.5, 0.6) is 11.5 Å². The molecule has 2 aliphatic rings. The average molecular weight is 368 g/mol. The van der Waals surface area contributed by atoms with E-state index in [0.29, 0.717) is 6.04 Å². The highest BCUT2D eigenvalue weighted by Gasteiger charge is 2.21. The minimum atomic E-state index is 0.542. The van der Waals surface area contributed by atoms with E-state index in [1.165, 1.54) is 43.2 Å². The fraction of sp³-hybridized carbons (Fsp3) is 0.524. The van der Waals surface area contributed by atoms with Gasteiger partial charge in [-0.25, -0.2) is 9.97 Å². The van der Waals surface area contributed by atoms with Crippen LogP contribution in [-0.4, -0.2) is 36.8 Å². The van der Waals surface area contributed by atoms with Gasteiger partial charge in [0, 0.05) is 25.2 Å². The van der Waals surface area contributed by atoms with Crippen molar-refractivity contribution in [1.29, 1.82) is 0 Å². The zero-order valence-electron chi connectivity index (χ0n) is 16.2. The topological polar surface area (TPSA) is 59.5 Å². The van der Waals surface area contributed by atoms with E-state index in [4.69, 9.17) is 9.47 Å². The number of anilines is 2. The molecule has 6 nitrogen and oxygen atoms in total. The van der Waals surface area contributed by atoms with Gasteiger partial charge in [0.2, 0.25) is 0 Å². The molecule has 1 N–H and O–H groups in total. The molecule has 1 aliphatic heterocycles. The van der Waals surface area contributed by atoms with Gasteiger partial charge in [0.05, 0.1) is 14.2 Å². The molecule has 144 valence electrons. The van der Waals surface area contributed by atoms with Crippen molar-refractivity contribution >= 4 is 11.6 Å². The Balaban J connectivity index is 1.50. The smallest absolute Gasteiger partial charge is 0.161 e. The van der Waals surface area contributed by atoms with Gasteiger partial charge in [0.15, 0.2) is 11.5 Å². The van der Waals surface area contributed by atoms with Crippen LogP contribution in [0.15, 0.2) is 24.5 Å². The summed E-state index contributed by atoms with van der Waals surface area (Å²) in [6.45, 7) is 1.75. The standard InChI is InChI=1S/C21H28N4O2/c1-26-18-10-15-8-9-25(13-16(15)11-19(18)27-2)21-12-20(22-14-23-21)24-17-6-4-3-5-7-17/h10-12,14,17H,3-9,13H2,1-2H3,(H,22,23,24). The highest BCUT2D eigenvalue weighted by atomic mass is 16.5. The van der Waals surface area contributed by atoms with Crippen molar-refractivity contribution < 1.29 is 9.47 Å². The van der Waals surface area contributed by atoms with Gasteiger partial charge < -0.3 is 19.7 Å². The number of rotatable bonds is 5. The summed E-state index contributed by atoms with van der Waals surface area (Å²) in [6, 6.07) is 6.81. The fourth-order valence-corrected chi connectivity index (χ4v) is 4.13. The molecule has 27 heavy (non-hydrogen) atoms. The highest BCUT2D eigenvalue weighted by molar-refractivity contribution is 5.54. The van der Waals surface area contributed by atoms with Crippen LogP contribution in [-0.2, 0) is 13.0 Å². The SMILES string of the molecule is COc1cc2c(cc1OC)CN(c1cc(NC3CCCCC3)ncn1)CC2. The van der Waals surface area contributed by atoms with Crippen LogP contribution < -0.4 is 19.7 Å². The van der Waals surface area contributed by atoms with E-state index in [9.17, 15) is 0 Å². The maximum Gasteiger partial charge on any atom is 0.161 e. The summed E-state index contributed by atoms with van der Waals surface area (Å²) in [4.78, 5) is 11.3. The Kier molecular flexibility index (Phi) is 5.32. The van der Waals surface area contributed by atoms with Gasteiger partial charge in [-0.2, -0.15) is 0 Å². The molecule has 1 aromatic carbocycles. The van der Waals surface area contributed by atoms with Crippen molar-refractivity contribution in [2.75, 3.05) is 31.0 Å². The lowest BCUT2D eigenvalue weighted by Gasteiger charge is -2.31. The van der Waals surface area contributed by atoms with Gasteiger partial charge in [-0.15, -0.1) is 0 Å². The lowest BCUT2D eigenvalue weighted by molar-refractivity contribution is 0.353. The molecule has 6 heteroatoms. The largest absolute Gasteiger partial charge is 0.493 e. The Morgan fingerprint density at radius 2 is 1.70 bits per heavy atom. The summed E-state index contributed by atoms with van der Waals surface area (Å²) in [5.74, 6) is 3.49. The first-order valence-corrected chi connectivity index (χ1v) is 9.84. The van der Waals surface area contributed by atoms with Crippen molar-refractivity contribution in [3.8, 4) is 11.5 Å². The number of nitrogens with zero attached hydrogens (tertiary/aromatic N) is 3. The molecule has 0 radical (unpaired) electrons. The van der Waals surface area contributed by atoms with Crippen molar-refractivity contribution in [2.45, 2.75) is 51.1 Å². The van der Waals surface area contributed by atoms with Gasteiger partial charge in [-0.3, -0.25) is 0 Å². The van der Waals surface area contributed by atoms with Crippen molar-refractivity contribution in [1.82, 2.24) is 9.97 Å². The van der Waals surface area contributed by atoms with Crippen LogP contribution in [0.3, 0.4) is 0 Å². The van der Waals surface area contributed by atoms with E-state index in [1.807, 2.05) is 0 Å². The van der Waals surface area contributed by atoms with E-state index < -0.39 is 0 Å². The lowest BCUT2D eigenvalue weighted by atomic mass is 9.95. The normalized spacial score (nSPS) is 17.3. The van der Waals surface area contributed by atoms with Crippen molar-refractivity contribution in [3.63, 3.8) is 0 Å². The molecule has 0 amide bonds. The monoisotopic (exact) mass is 368 g/mol. The average Bonchev–Trinajstić information content (AvgIpc) is 2.73. The van der Waals surface area contributed by atoms with E-state index in [1.54, 1.807) is 20.5 Å². The first-order chi connectivity index (χ1) is 13.3. The second kappa shape index (κ2) is 8.03. The Morgan fingerprint density at radius 3 is 2.44 bits per heavy atom. The number of benzene rings is 1. The number of aromatic nitrogens is 2. The zero-order valence-corrected chi connectivity index (χ0v) is 16.2. The quantitative estimate of drug-likeness (QED) is 0.866. The van der Waals surface area contributed by atoms with Crippen molar-refractivity contribution in [2.24, 2.45) is 0 Å². The maximum atomic E-state index is 5.47. The molecule has 0 bridgehead atoms. The number of nitrogens with one attached hydrogen (secondary N) is 1. The maximum absolute atomic E-state index is 5.47. The Bertz CT molecular complexity index is 790. The third-order valence-electron chi connectivity index (χ3n) is 5.65. The number of methoxy groups -OCH3 is 2. The molecule has 0 atom stereocenters. The summed E-state index contributed by atoms with van der Waals surface area (Å²) in [6.07, 6.45) is 9.08. The second-order valence-electron chi connectivity index (χ2n) is 7.39. The van der Waals surface area contributed by atoms with Gasteiger partial charge in [-0.1, -0.05) is 19.3 Å². The molecule has 0 unspecified atom stereocenters. The molecule has 0 spiro atoms. The van der Waals surface area contributed by atoms with E-state index in [2.05, 4.69) is 38.4 Å². The molecule has 1 aromatic heterocycles. The molecule has 2 aromatic rings. The molecule has 1 aliphatic carbocycles. The van der Waals surface area contributed by atoms with E-state index in [-0.39, 0.29) is 0 Å². The van der Waals surface area contributed by atoms with E-state index >= 15 is 0 Å². The number of hydrogen-bond acceptors (Lipinski definition) is 6. The van der Waals surface area contributed by atoms with Crippen LogP contribution in [0, 0.1) is 0 Å². The molecular weight excluding hydrogens is 340 g/mol. The Labute approximate surface area is 160 Å². The minimum absolute atomic E-state index is 0.542. The van der Waals surface area contributed by atoms with Gasteiger partial charge in [0.1, 0.15) is 18.0 Å². The molecule has 0 saturated heterocycles. The Morgan fingerprint density at radius 1 is 0.963 bits per heavy atom. The fourth-order valence-electron chi connectivity index (χ4n) is 4.13. The lowest BCUT2D eigenvalue weighted by Crippen LogP contribution is -2.31. The van der Waals surface area contributed by atoms with Gasteiger partial charge in [0.25, 0.3) is 0 Å².